The molecule has 0 radical (unpaired) electrons. The fourth-order valence-corrected chi connectivity index (χ4v) is 4.36. The Bertz CT molecular complexity index is 1010. The number of nitrogens with zero attached hydrogens (tertiary/aromatic N) is 4. The highest BCUT2D eigenvalue weighted by Crippen LogP contribution is 2.39. The smallest absolute Gasteiger partial charge is 0.199 e. The molecule has 4 rings (SSSR count). The van der Waals surface area contributed by atoms with Crippen molar-refractivity contribution in [3.05, 3.63) is 46.0 Å². The molecule has 1 aliphatic carbocycles. The molecule has 1 aliphatic rings. The molecule has 0 unspecified atom stereocenters. The second-order valence-electron chi connectivity index (χ2n) is 7.03. The van der Waals surface area contributed by atoms with Gasteiger partial charge in [-0.3, -0.25) is 9.47 Å². The highest BCUT2D eigenvalue weighted by Gasteiger charge is 2.29. The van der Waals surface area contributed by atoms with E-state index in [1.807, 2.05) is 16.8 Å². The summed E-state index contributed by atoms with van der Waals surface area (Å²) >= 11 is 7.47. The predicted octanol–water partition coefficient (Wildman–Crippen LogP) is 4.58. The SMILES string of the molecule is COc1ccc(CN(C)Cn2nc(-c3cccs3)n(C3CC3)c2=S)cc1OC. The third kappa shape index (κ3) is 3.85. The zero-order chi connectivity index (χ0) is 19.7. The molecular weight excluding hydrogens is 392 g/mol. The molecule has 6 nitrogen and oxygen atoms in total. The summed E-state index contributed by atoms with van der Waals surface area (Å²) in [5.41, 5.74) is 1.15. The highest BCUT2D eigenvalue weighted by atomic mass is 32.1. The first-order valence-electron chi connectivity index (χ1n) is 9.23. The standard InChI is InChI=1S/C20H24N4O2S2/c1-22(12-14-6-9-16(25-2)17(11-14)26-3)13-23-20(27)24(15-7-8-15)19(21-23)18-5-4-10-28-18/h4-6,9-11,15H,7-8,12-13H2,1-3H3. The van der Waals surface area contributed by atoms with Crippen LogP contribution in [0.25, 0.3) is 10.7 Å². The third-order valence-corrected chi connectivity index (χ3v) is 6.07. The molecule has 0 atom stereocenters. The van der Waals surface area contributed by atoms with Crippen LogP contribution in [-0.4, -0.2) is 40.5 Å². The lowest BCUT2D eigenvalue weighted by Gasteiger charge is -2.17. The second-order valence-corrected chi connectivity index (χ2v) is 8.34. The van der Waals surface area contributed by atoms with Gasteiger partial charge in [0.15, 0.2) is 22.1 Å². The van der Waals surface area contributed by atoms with E-state index in [2.05, 4.69) is 40.1 Å². The van der Waals surface area contributed by atoms with Gasteiger partial charge in [0.1, 0.15) is 0 Å². The first-order valence-corrected chi connectivity index (χ1v) is 10.5. The largest absolute Gasteiger partial charge is 0.493 e. The van der Waals surface area contributed by atoms with Crippen molar-refractivity contribution in [2.24, 2.45) is 0 Å². The van der Waals surface area contributed by atoms with Crippen LogP contribution < -0.4 is 9.47 Å². The van der Waals surface area contributed by atoms with Gasteiger partial charge in [0.25, 0.3) is 0 Å². The average Bonchev–Trinajstić information content (AvgIpc) is 3.27. The molecule has 1 fully saturated rings. The Morgan fingerprint density at radius 1 is 1.21 bits per heavy atom. The van der Waals surface area contributed by atoms with E-state index in [1.54, 1.807) is 25.6 Å². The molecule has 0 aliphatic heterocycles. The minimum absolute atomic E-state index is 0.495. The molecule has 1 aromatic carbocycles. The van der Waals surface area contributed by atoms with E-state index in [-0.39, 0.29) is 0 Å². The van der Waals surface area contributed by atoms with Crippen LogP contribution in [0.5, 0.6) is 11.5 Å². The quantitative estimate of drug-likeness (QED) is 0.503. The number of benzene rings is 1. The van der Waals surface area contributed by atoms with E-state index in [0.29, 0.717) is 12.7 Å². The van der Waals surface area contributed by atoms with Crippen molar-refractivity contribution in [2.45, 2.75) is 32.1 Å². The number of hydrogen-bond donors (Lipinski definition) is 0. The Kier molecular flexibility index (Phi) is 5.52. The second kappa shape index (κ2) is 8.06. The Morgan fingerprint density at radius 3 is 2.64 bits per heavy atom. The van der Waals surface area contributed by atoms with Crippen LogP contribution in [0.1, 0.15) is 24.4 Å². The Hall–Kier alpha value is -2.16. The Labute approximate surface area is 173 Å². The summed E-state index contributed by atoms with van der Waals surface area (Å²) < 4.78 is 15.7. The highest BCUT2D eigenvalue weighted by molar-refractivity contribution is 7.71. The molecule has 1 saturated carbocycles. The molecule has 2 aromatic heterocycles. The van der Waals surface area contributed by atoms with Crippen molar-refractivity contribution in [1.82, 2.24) is 19.2 Å². The lowest BCUT2D eigenvalue weighted by Crippen LogP contribution is -2.22. The van der Waals surface area contributed by atoms with E-state index in [1.165, 1.54) is 17.7 Å². The van der Waals surface area contributed by atoms with Crippen LogP contribution in [0.15, 0.2) is 35.7 Å². The zero-order valence-electron chi connectivity index (χ0n) is 16.3. The van der Waals surface area contributed by atoms with E-state index < -0.39 is 0 Å². The molecule has 0 amide bonds. The van der Waals surface area contributed by atoms with E-state index in [0.717, 1.165) is 34.2 Å². The monoisotopic (exact) mass is 416 g/mol. The number of methoxy groups -OCH3 is 2. The Morgan fingerprint density at radius 2 is 2.00 bits per heavy atom. The van der Waals surface area contributed by atoms with Crippen LogP contribution in [0.3, 0.4) is 0 Å². The molecule has 0 spiro atoms. The molecule has 2 heterocycles. The lowest BCUT2D eigenvalue weighted by atomic mass is 10.2. The van der Waals surface area contributed by atoms with Crippen molar-refractivity contribution in [1.29, 1.82) is 0 Å². The van der Waals surface area contributed by atoms with Gasteiger partial charge >= 0.3 is 0 Å². The van der Waals surface area contributed by atoms with Gasteiger partial charge in [0, 0.05) is 12.6 Å². The van der Waals surface area contributed by atoms with Gasteiger partial charge in [-0.15, -0.1) is 16.4 Å². The summed E-state index contributed by atoms with van der Waals surface area (Å²) in [5.74, 6) is 2.46. The maximum absolute atomic E-state index is 5.76. The zero-order valence-corrected chi connectivity index (χ0v) is 17.9. The number of aromatic nitrogens is 3. The summed E-state index contributed by atoms with van der Waals surface area (Å²) in [7, 11) is 5.37. The van der Waals surface area contributed by atoms with E-state index in [4.69, 9.17) is 26.8 Å². The molecule has 0 bridgehead atoms. The molecule has 28 heavy (non-hydrogen) atoms. The summed E-state index contributed by atoms with van der Waals surface area (Å²) in [6.45, 7) is 1.39. The summed E-state index contributed by atoms with van der Waals surface area (Å²) in [6.07, 6.45) is 2.36. The van der Waals surface area contributed by atoms with Crippen molar-refractivity contribution in [2.75, 3.05) is 21.3 Å². The van der Waals surface area contributed by atoms with Crippen molar-refractivity contribution in [3.63, 3.8) is 0 Å². The topological polar surface area (TPSA) is 44.5 Å². The summed E-state index contributed by atoms with van der Waals surface area (Å²) in [4.78, 5) is 3.36. The van der Waals surface area contributed by atoms with Gasteiger partial charge in [0.2, 0.25) is 0 Å². The minimum Gasteiger partial charge on any atom is -0.493 e. The molecule has 0 N–H and O–H groups in total. The van der Waals surface area contributed by atoms with Crippen LogP contribution in [-0.2, 0) is 13.2 Å². The van der Waals surface area contributed by atoms with Crippen molar-refractivity contribution < 1.29 is 9.47 Å². The van der Waals surface area contributed by atoms with Gasteiger partial charge < -0.3 is 9.47 Å². The Balaban J connectivity index is 1.54. The van der Waals surface area contributed by atoms with Crippen LogP contribution >= 0.6 is 23.6 Å². The van der Waals surface area contributed by atoms with E-state index in [9.17, 15) is 0 Å². The molecule has 8 heteroatoms. The van der Waals surface area contributed by atoms with E-state index >= 15 is 0 Å². The van der Waals surface area contributed by atoms with Crippen LogP contribution in [0.2, 0.25) is 0 Å². The van der Waals surface area contributed by atoms with Crippen molar-refractivity contribution in [3.8, 4) is 22.2 Å². The summed E-state index contributed by atoms with van der Waals surface area (Å²) in [6, 6.07) is 10.7. The van der Waals surface area contributed by atoms with Gasteiger partial charge in [0.05, 0.1) is 25.8 Å². The fraction of sp³-hybridized carbons (Fsp3) is 0.400. The summed E-state index contributed by atoms with van der Waals surface area (Å²) in [5, 5.41) is 6.94. The van der Waals surface area contributed by atoms with Crippen molar-refractivity contribution >= 4 is 23.6 Å². The third-order valence-electron chi connectivity index (χ3n) is 4.80. The first-order chi connectivity index (χ1) is 13.6. The first kappa shape index (κ1) is 19.2. The molecule has 0 saturated heterocycles. The lowest BCUT2D eigenvalue weighted by molar-refractivity contribution is 0.243. The predicted molar refractivity (Wildman–Crippen MR) is 114 cm³/mol. The van der Waals surface area contributed by atoms with Crippen LogP contribution in [0, 0.1) is 4.77 Å². The maximum atomic E-state index is 5.76. The number of ether oxygens (including phenoxy) is 2. The van der Waals surface area contributed by atoms with Crippen LogP contribution in [0.4, 0.5) is 0 Å². The average molecular weight is 417 g/mol. The van der Waals surface area contributed by atoms with Gasteiger partial charge in [-0.2, -0.15) is 0 Å². The molecule has 3 aromatic rings. The van der Waals surface area contributed by atoms with Gasteiger partial charge in [-0.1, -0.05) is 12.1 Å². The minimum atomic E-state index is 0.495. The molecular formula is C20H24N4O2S2. The number of rotatable bonds is 8. The van der Waals surface area contributed by atoms with Gasteiger partial charge in [-0.05, 0) is 61.2 Å². The fourth-order valence-electron chi connectivity index (χ4n) is 3.32. The van der Waals surface area contributed by atoms with Gasteiger partial charge in [-0.25, -0.2) is 4.68 Å². The normalized spacial score (nSPS) is 13.9. The number of hydrogen-bond acceptors (Lipinski definition) is 6. The maximum Gasteiger partial charge on any atom is 0.199 e. The number of thiophene rings is 1. The molecule has 148 valence electrons.